The van der Waals surface area contributed by atoms with Crippen molar-refractivity contribution < 1.29 is 23.1 Å². The van der Waals surface area contributed by atoms with Crippen molar-refractivity contribution in [3.8, 4) is 17.0 Å². The minimum Gasteiger partial charge on any atom is -0.488 e. The molecule has 3 heterocycles. The lowest BCUT2D eigenvalue weighted by Crippen LogP contribution is -2.42. The molecule has 2 fully saturated rings. The van der Waals surface area contributed by atoms with Gasteiger partial charge in [-0.2, -0.15) is 0 Å². The molecule has 0 spiro atoms. The molecule has 2 atom stereocenters. The van der Waals surface area contributed by atoms with Gasteiger partial charge in [0.15, 0.2) is 15.0 Å². The van der Waals surface area contributed by atoms with Gasteiger partial charge in [0.05, 0.1) is 23.1 Å². The maximum Gasteiger partial charge on any atom is 0.306 e. The van der Waals surface area contributed by atoms with Crippen LogP contribution in [0.4, 0.5) is 5.13 Å². The van der Waals surface area contributed by atoms with Gasteiger partial charge in [-0.15, -0.1) is 11.3 Å². The van der Waals surface area contributed by atoms with Gasteiger partial charge < -0.3 is 14.7 Å². The predicted molar refractivity (Wildman–Crippen MR) is 154 cm³/mol. The van der Waals surface area contributed by atoms with Crippen molar-refractivity contribution in [2.45, 2.75) is 33.4 Å². The van der Waals surface area contributed by atoms with E-state index >= 15 is 0 Å². The Kier molecular flexibility index (Phi) is 8.25. The molecule has 3 aromatic rings. The Labute approximate surface area is 234 Å². The summed E-state index contributed by atoms with van der Waals surface area (Å²) in [6.07, 6.45) is 0.628. The molecular formula is C29H35N3O5S2. The van der Waals surface area contributed by atoms with Crippen molar-refractivity contribution in [2.75, 3.05) is 42.6 Å². The molecule has 5 rings (SSSR count). The van der Waals surface area contributed by atoms with E-state index in [9.17, 15) is 18.3 Å². The smallest absolute Gasteiger partial charge is 0.306 e. The number of aliphatic carboxylic acids is 1. The number of thiazole rings is 1. The summed E-state index contributed by atoms with van der Waals surface area (Å²) in [6, 6.07) is 14.3. The van der Waals surface area contributed by atoms with Crippen LogP contribution >= 0.6 is 11.3 Å². The molecule has 208 valence electrons. The zero-order valence-corrected chi connectivity index (χ0v) is 24.0. The van der Waals surface area contributed by atoms with E-state index in [0.29, 0.717) is 39.2 Å². The number of hydrogen-bond acceptors (Lipinski definition) is 8. The normalized spacial score (nSPS) is 21.5. The second kappa shape index (κ2) is 11.7. The summed E-state index contributed by atoms with van der Waals surface area (Å²) in [5.41, 5.74) is 5.21. The fourth-order valence-corrected chi connectivity index (χ4v) is 7.50. The standard InChI is InChI=1S/C29H35N3O5S2/c1-20-15-22(17-31-11-13-39(35,36)14-12-31)7-8-23(20)18-37-27-6-4-3-5-25(27)26-19-38-29(30-26)32-10-9-24(28(33)34)21(2)16-32/h3-8,15,19,21,24H,9-14,16-18H2,1-2H3,(H,33,34). The van der Waals surface area contributed by atoms with E-state index in [4.69, 9.17) is 9.72 Å². The number of carboxylic acid groups (broad SMARTS) is 1. The fraction of sp³-hybridized carbons (Fsp3) is 0.448. The minimum absolute atomic E-state index is 0.0739. The van der Waals surface area contributed by atoms with Gasteiger partial charge in [-0.3, -0.25) is 9.69 Å². The molecule has 1 aromatic heterocycles. The predicted octanol–water partition coefficient (Wildman–Crippen LogP) is 4.47. The number of ether oxygens (including phenoxy) is 1. The lowest BCUT2D eigenvalue weighted by atomic mass is 9.87. The Morgan fingerprint density at radius 3 is 2.64 bits per heavy atom. The SMILES string of the molecule is Cc1cc(CN2CCS(=O)(=O)CC2)ccc1COc1ccccc1-c1csc(N2CCC(C(=O)O)C(C)C2)n1. The van der Waals surface area contributed by atoms with Crippen molar-refractivity contribution in [3.63, 3.8) is 0 Å². The highest BCUT2D eigenvalue weighted by atomic mass is 32.2. The third-order valence-corrected chi connectivity index (χ3v) is 10.3. The third kappa shape index (κ3) is 6.62. The summed E-state index contributed by atoms with van der Waals surface area (Å²) in [7, 11) is -2.88. The lowest BCUT2D eigenvalue weighted by molar-refractivity contribution is -0.144. The van der Waals surface area contributed by atoms with E-state index in [1.54, 1.807) is 11.3 Å². The maximum atomic E-state index is 11.7. The number of benzene rings is 2. The van der Waals surface area contributed by atoms with E-state index in [1.807, 2.05) is 36.6 Å². The molecule has 2 unspecified atom stereocenters. The van der Waals surface area contributed by atoms with Gasteiger partial charge in [0, 0.05) is 43.7 Å². The molecule has 10 heteroatoms. The monoisotopic (exact) mass is 569 g/mol. The average molecular weight is 570 g/mol. The van der Waals surface area contributed by atoms with Crippen LogP contribution in [0.1, 0.15) is 30.0 Å². The van der Waals surface area contributed by atoms with Gasteiger partial charge in [0.1, 0.15) is 12.4 Å². The van der Waals surface area contributed by atoms with Crippen LogP contribution in [0.15, 0.2) is 47.8 Å². The summed E-state index contributed by atoms with van der Waals surface area (Å²) < 4.78 is 29.7. The van der Waals surface area contributed by atoms with Gasteiger partial charge >= 0.3 is 5.97 Å². The Hall–Kier alpha value is -2.95. The second-order valence-electron chi connectivity index (χ2n) is 10.6. The van der Waals surface area contributed by atoms with Crippen LogP contribution < -0.4 is 9.64 Å². The molecule has 0 amide bonds. The van der Waals surface area contributed by atoms with Gasteiger partial charge in [-0.25, -0.2) is 13.4 Å². The minimum atomic E-state index is -2.88. The highest BCUT2D eigenvalue weighted by Crippen LogP contribution is 2.36. The molecule has 8 nitrogen and oxygen atoms in total. The molecular weight excluding hydrogens is 534 g/mol. The number of nitrogens with zero attached hydrogens (tertiary/aromatic N) is 3. The lowest BCUT2D eigenvalue weighted by Gasteiger charge is -2.34. The number of anilines is 1. The Balaban J connectivity index is 1.23. The molecule has 1 N–H and O–H groups in total. The zero-order valence-electron chi connectivity index (χ0n) is 22.4. The van der Waals surface area contributed by atoms with Gasteiger partial charge in [0.25, 0.3) is 0 Å². The number of aromatic nitrogens is 1. The van der Waals surface area contributed by atoms with Gasteiger partial charge in [0.2, 0.25) is 0 Å². The molecule has 0 radical (unpaired) electrons. The van der Waals surface area contributed by atoms with Crippen LogP contribution in [-0.2, 0) is 27.8 Å². The number of hydrogen-bond donors (Lipinski definition) is 1. The zero-order chi connectivity index (χ0) is 27.6. The number of aryl methyl sites for hydroxylation is 1. The third-order valence-electron chi connectivity index (χ3n) is 7.78. The number of sulfone groups is 1. The van der Waals surface area contributed by atoms with Crippen LogP contribution in [0.2, 0.25) is 0 Å². The van der Waals surface area contributed by atoms with Crippen molar-refractivity contribution >= 4 is 32.3 Å². The number of carbonyl (C=O) groups is 1. The first-order chi connectivity index (χ1) is 18.7. The Morgan fingerprint density at radius 1 is 1.15 bits per heavy atom. The molecule has 39 heavy (non-hydrogen) atoms. The molecule has 2 aliphatic heterocycles. The first-order valence-corrected chi connectivity index (χ1v) is 16.1. The van der Waals surface area contributed by atoms with E-state index in [-0.39, 0.29) is 23.3 Å². The molecule has 2 aliphatic rings. The molecule has 2 saturated heterocycles. The van der Waals surface area contributed by atoms with E-state index in [2.05, 4.69) is 34.9 Å². The van der Waals surface area contributed by atoms with Crippen molar-refractivity contribution in [3.05, 3.63) is 64.5 Å². The summed E-state index contributed by atoms with van der Waals surface area (Å²) in [5, 5.41) is 12.4. The first-order valence-electron chi connectivity index (χ1n) is 13.4. The number of carboxylic acids is 1. The van der Waals surface area contributed by atoms with E-state index in [1.165, 1.54) is 5.56 Å². The summed E-state index contributed by atoms with van der Waals surface area (Å²) in [6.45, 7) is 7.81. The molecule has 0 saturated carbocycles. The maximum absolute atomic E-state index is 11.7. The van der Waals surface area contributed by atoms with Crippen molar-refractivity contribution in [2.24, 2.45) is 11.8 Å². The van der Waals surface area contributed by atoms with Crippen LogP contribution in [-0.4, -0.2) is 67.1 Å². The molecule has 0 bridgehead atoms. The average Bonchev–Trinajstić information content (AvgIpc) is 3.40. The van der Waals surface area contributed by atoms with Gasteiger partial charge in [-0.1, -0.05) is 37.3 Å². The number of para-hydroxylation sites is 1. The van der Waals surface area contributed by atoms with Crippen molar-refractivity contribution in [1.29, 1.82) is 0 Å². The van der Waals surface area contributed by atoms with Gasteiger partial charge in [-0.05, 0) is 48.1 Å². The topological polar surface area (TPSA) is 100 Å². The van der Waals surface area contributed by atoms with Crippen LogP contribution in [0, 0.1) is 18.8 Å². The fourth-order valence-electron chi connectivity index (χ4n) is 5.36. The Bertz CT molecular complexity index is 1420. The van der Waals surface area contributed by atoms with E-state index in [0.717, 1.165) is 39.8 Å². The highest BCUT2D eigenvalue weighted by Gasteiger charge is 2.32. The summed E-state index contributed by atoms with van der Waals surface area (Å²) >= 11 is 1.58. The van der Waals surface area contributed by atoms with Crippen molar-refractivity contribution in [1.82, 2.24) is 9.88 Å². The molecule has 0 aliphatic carbocycles. The first kappa shape index (κ1) is 27.6. The largest absolute Gasteiger partial charge is 0.488 e. The molecule has 2 aromatic carbocycles. The number of rotatable bonds is 8. The highest BCUT2D eigenvalue weighted by molar-refractivity contribution is 7.91. The second-order valence-corrected chi connectivity index (χ2v) is 13.8. The summed E-state index contributed by atoms with van der Waals surface area (Å²) in [5.74, 6) is 0.309. The van der Waals surface area contributed by atoms with Crippen LogP contribution in [0.3, 0.4) is 0 Å². The number of piperidine rings is 1. The Morgan fingerprint density at radius 2 is 1.92 bits per heavy atom. The van der Waals surface area contributed by atoms with E-state index < -0.39 is 15.8 Å². The summed E-state index contributed by atoms with van der Waals surface area (Å²) in [4.78, 5) is 20.7. The quantitative estimate of drug-likeness (QED) is 0.424. The van der Waals surface area contributed by atoms with Crippen LogP contribution in [0.25, 0.3) is 11.3 Å². The van der Waals surface area contributed by atoms with Crippen LogP contribution in [0.5, 0.6) is 5.75 Å².